The van der Waals surface area contributed by atoms with Gasteiger partial charge in [-0.2, -0.15) is 0 Å². The molecule has 108 valence electrons. The molecule has 0 aliphatic carbocycles. The van der Waals surface area contributed by atoms with E-state index in [4.69, 9.17) is 0 Å². The molecule has 0 spiro atoms. The van der Waals surface area contributed by atoms with Crippen molar-refractivity contribution in [2.75, 3.05) is 26.2 Å². The van der Waals surface area contributed by atoms with Crippen LogP contribution in [0.15, 0.2) is 11.2 Å². The number of hydrogen-bond acceptors (Lipinski definition) is 4. The van der Waals surface area contributed by atoms with Crippen LogP contribution in [0, 0.1) is 0 Å². The Bertz CT molecular complexity index is 492. The van der Waals surface area contributed by atoms with Crippen LogP contribution >= 0.6 is 0 Å². The average Bonchev–Trinajstić information content (AvgIpc) is 2.89. The lowest BCUT2D eigenvalue weighted by Gasteiger charge is -2.26. The summed E-state index contributed by atoms with van der Waals surface area (Å²) in [7, 11) is -3.45. The molecule has 2 rings (SSSR count). The Hall–Kier alpha value is -0.920. The van der Waals surface area contributed by atoms with Crippen LogP contribution < -0.4 is 4.72 Å². The number of aryl methyl sites for hydroxylation is 1. The summed E-state index contributed by atoms with van der Waals surface area (Å²) in [4.78, 5) is 9.13. The minimum absolute atomic E-state index is 0.156. The van der Waals surface area contributed by atoms with Crippen molar-refractivity contribution in [3.63, 3.8) is 0 Å². The first-order valence-corrected chi connectivity index (χ1v) is 8.36. The molecule has 2 heterocycles. The molecule has 1 fully saturated rings. The summed E-state index contributed by atoms with van der Waals surface area (Å²) in [6, 6.07) is 0. The predicted molar refractivity (Wildman–Crippen MR) is 73.4 cm³/mol. The normalized spacial score (nSPS) is 17.7. The van der Waals surface area contributed by atoms with Crippen molar-refractivity contribution < 1.29 is 8.42 Å². The van der Waals surface area contributed by atoms with E-state index >= 15 is 0 Å². The monoisotopic (exact) mass is 286 g/mol. The highest BCUT2D eigenvalue weighted by Crippen LogP contribution is 2.08. The molecule has 0 atom stereocenters. The molecule has 1 aromatic rings. The minimum atomic E-state index is -3.45. The molecule has 1 aliphatic heterocycles. The van der Waals surface area contributed by atoms with Crippen molar-refractivity contribution in [3.8, 4) is 0 Å². The van der Waals surface area contributed by atoms with Crippen molar-refractivity contribution in [1.29, 1.82) is 0 Å². The van der Waals surface area contributed by atoms with Gasteiger partial charge in [-0.05, 0) is 25.9 Å². The average molecular weight is 286 g/mol. The molecular weight excluding hydrogens is 264 g/mol. The molecular formula is C12H22N4O2S. The Morgan fingerprint density at radius 2 is 2.11 bits per heavy atom. The lowest BCUT2D eigenvalue weighted by atomic mass is 10.1. The predicted octanol–water partition coefficient (Wildman–Crippen LogP) is 0.736. The van der Waals surface area contributed by atoms with Gasteiger partial charge in [-0.25, -0.2) is 18.1 Å². The van der Waals surface area contributed by atoms with Crippen molar-refractivity contribution in [2.45, 2.75) is 37.6 Å². The van der Waals surface area contributed by atoms with Crippen molar-refractivity contribution in [1.82, 2.24) is 19.6 Å². The van der Waals surface area contributed by atoms with Gasteiger partial charge < -0.3 is 9.88 Å². The highest BCUT2D eigenvalue weighted by molar-refractivity contribution is 7.89. The lowest BCUT2D eigenvalue weighted by Crippen LogP contribution is -2.37. The fourth-order valence-electron chi connectivity index (χ4n) is 2.26. The first kappa shape index (κ1) is 14.5. The van der Waals surface area contributed by atoms with Gasteiger partial charge in [0.2, 0.25) is 0 Å². The standard InChI is InChI=1S/C12H22N4O2S/c1-2-11-13-10-12(15-11)19(17,18)14-6-9-16-7-4-3-5-8-16/h10,14H,2-9H2,1H3,(H,13,15). The summed E-state index contributed by atoms with van der Waals surface area (Å²) in [5.74, 6) is 0.691. The number of piperidine rings is 1. The van der Waals surface area contributed by atoms with Gasteiger partial charge in [-0.3, -0.25) is 0 Å². The number of sulfonamides is 1. The van der Waals surface area contributed by atoms with Gasteiger partial charge in [-0.15, -0.1) is 0 Å². The molecule has 0 radical (unpaired) electrons. The van der Waals surface area contributed by atoms with Crippen LogP contribution in [0.25, 0.3) is 0 Å². The Kier molecular flexibility index (Phi) is 4.95. The van der Waals surface area contributed by atoms with Crippen molar-refractivity contribution in [3.05, 3.63) is 12.0 Å². The summed E-state index contributed by atoms with van der Waals surface area (Å²) in [5.41, 5.74) is 0. The number of aromatic amines is 1. The molecule has 1 aromatic heterocycles. The van der Waals surface area contributed by atoms with Crippen LogP contribution in [0.3, 0.4) is 0 Å². The van der Waals surface area contributed by atoms with E-state index in [0.717, 1.165) is 19.6 Å². The van der Waals surface area contributed by atoms with Crippen LogP contribution in [-0.4, -0.2) is 49.5 Å². The van der Waals surface area contributed by atoms with Gasteiger partial charge >= 0.3 is 0 Å². The van der Waals surface area contributed by atoms with Crippen molar-refractivity contribution >= 4 is 10.0 Å². The van der Waals surface area contributed by atoms with E-state index in [1.54, 1.807) is 0 Å². The third-order valence-corrected chi connectivity index (χ3v) is 4.77. The van der Waals surface area contributed by atoms with Gasteiger partial charge in [0.25, 0.3) is 10.0 Å². The number of imidazole rings is 1. The number of nitrogens with zero attached hydrogens (tertiary/aromatic N) is 2. The number of rotatable bonds is 6. The zero-order valence-corrected chi connectivity index (χ0v) is 12.2. The quantitative estimate of drug-likeness (QED) is 0.808. The largest absolute Gasteiger partial charge is 0.332 e. The number of H-pyrrole nitrogens is 1. The SMILES string of the molecule is CCc1ncc(S(=O)(=O)NCCN2CCCCC2)[nH]1. The number of hydrogen-bond donors (Lipinski definition) is 2. The zero-order valence-electron chi connectivity index (χ0n) is 11.4. The van der Waals surface area contributed by atoms with E-state index < -0.39 is 10.0 Å². The summed E-state index contributed by atoms with van der Waals surface area (Å²) in [5, 5.41) is 0.156. The fraction of sp³-hybridized carbons (Fsp3) is 0.750. The summed E-state index contributed by atoms with van der Waals surface area (Å²) >= 11 is 0. The fourth-order valence-corrected chi connectivity index (χ4v) is 3.22. The van der Waals surface area contributed by atoms with Crippen LogP contribution in [-0.2, 0) is 16.4 Å². The zero-order chi connectivity index (χ0) is 13.7. The van der Waals surface area contributed by atoms with Gasteiger partial charge in [0.1, 0.15) is 5.82 Å². The molecule has 0 unspecified atom stereocenters. The maximum Gasteiger partial charge on any atom is 0.257 e. The van der Waals surface area contributed by atoms with E-state index in [9.17, 15) is 8.42 Å². The van der Waals surface area contributed by atoms with E-state index in [2.05, 4.69) is 19.6 Å². The molecule has 2 N–H and O–H groups in total. The molecule has 0 bridgehead atoms. The van der Waals surface area contributed by atoms with Gasteiger partial charge in [0, 0.05) is 19.5 Å². The highest BCUT2D eigenvalue weighted by atomic mass is 32.2. The Labute approximate surface area is 114 Å². The second-order valence-corrected chi connectivity index (χ2v) is 6.58. The first-order chi connectivity index (χ1) is 9.12. The van der Waals surface area contributed by atoms with Crippen LogP contribution in [0.1, 0.15) is 32.0 Å². The lowest BCUT2D eigenvalue weighted by molar-refractivity contribution is 0.232. The van der Waals surface area contributed by atoms with Crippen LogP contribution in [0.4, 0.5) is 0 Å². The maximum atomic E-state index is 12.0. The topological polar surface area (TPSA) is 78.1 Å². The molecule has 6 nitrogen and oxygen atoms in total. The minimum Gasteiger partial charge on any atom is -0.332 e. The number of aromatic nitrogens is 2. The second-order valence-electron chi connectivity index (χ2n) is 4.85. The summed E-state index contributed by atoms with van der Waals surface area (Å²) in [6.45, 7) is 5.30. The van der Waals surface area contributed by atoms with E-state index in [0.29, 0.717) is 18.8 Å². The smallest absolute Gasteiger partial charge is 0.257 e. The van der Waals surface area contributed by atoms with Crippen LogP contribution in [0.2, 0.25) is 0 Å². The summed E-state index contributed by atoms with van der Waals surface area (Å²) < 4.78 is 26.6. The van der Waals surface area contributed by atoms with Gasteiger partial charge in [-0.1, -0.05) is 13.3 Å². The molecule has 1 aliphatic rings. The first-order valence-electron chi connectivity index (χ1n) is 6.87. The third kappa shape index (κ3) is 4.02. The Balaban J connectivity index is 1.83. The number of nitrogens with one attached hydrogen (secondary N) is 2. The summed E-state index contributed by atoms with van der Waals surface area (Å²) in [6.07, 6.45) is 5.79. The third-order valence-electron chi connectivity index (χ3n) is 3.40. The van der Waals surface area contributed by atoms with E-state index in [-0.39, 0.29) is 5.03 Å². The highest BCUT2D eigenvalue weighted by Gasteiger charge is 2.17. The van der Waals surface area contributed by atoms with Crippen molar-refractivity contribution in [2.24, 2.45) is 0 Å². The van der Waals surface area contributed by atoms with E-state index in [1.165, 1.54) is 25.5 Å². The van der Waals surface area contributed by atoms with Crippen LogP contribution in [0.5, 0.6) is 0 Å². The molecule has 1 saturated heterocycles. The second kappa shape index (κ2) is 6.49. The maximum absolute atomic E-state index is 12.0. The molecule has 0 amide bonds. The Morgan fingerprint density at radius 1 is 1.37 bits per heavy atom. The molecule has 0 aromatic carbocycles. The van der Waals surface area contributed by atoms with Gasteiger partial charge in [0.05, 0.1) is 6.20 Å². The molecule has 19 heavy (non-hydrogen) atoms. The number of likely N-dealkylation sites (tertiary alicyclic amines) is 1. The molecule has 7 heteroatoms. The Morgan fingerprint density at radius 3 is 2.74 bits per heavy atom. The van der Waals surface area contributed by atoms with E-state index in [1.807, 2.05) is 6.92 Å². The molecule has 0 saturated carbocycles. The van der Waals surface area contributed by atoms with Gasteiger partial charge in [0.15, 0.2) is 5.03 Å².